The molecule has 2 rings (SSSR count). The van der Waals surface area contributed by atoms with Gasteiger partial charge in [-0.25, -0.2) is 4.37 Å². The normalized spacial score (nSPS) is 29.2. The summed E-state index contributed by atoms with van der Waals surface area (Å²) in [5.41, 5.74) is 0. The van der Waals surface area contributed by atoms with Crippen molar-refractivity contribution in [2.24, 2.45) is 5.92 Å². The molecule has 1 fully saturated rings. The second-order valence-electron chi connectivity index (χ2n) is 3.78. The van der Waals surface area contributed by atoms with Gasteiger partial charge in [-0.15, -0.1) is 0 Å². The molecule has 0 spiro atoms. The number of nitrogens with zero attached hydrogens (tertiary/aromatic N) is 1. The maximum absolute atomic E-state index is 11.3. The Balaban J connectivity index is 2.17. The Bertz CT molecular complexity index is 294. The van der Waals surface area contributed by atoms with E-state index in [9.17, 15) is 4.79 Å². The molecule has 1 aromatic heterocycles. The molecular weight excluding hydrogens is 182 g/mol. The number of hydrogen-bond donors (Lipinski definition) is 0. The summed E-state index contributed by atoms with van der Waals surface area (Å²) in [5, 5.41) is 0. The third-order valence-corrected chi connectivity index (χ3v) is 3.71. The van der Waals surface area contributed by atoms with Gasteiger partial charge in [-0.1, -0.05) is 6.92 Å². The Morgan fingerprint density at radius 2 is 2.46 bits per heavy atom. The Kier molecular flexibility index (Phi) is 2.44. The van der Waals surface area contributed by atoms with Crippen LogP contribution < -0.4 is 0 Å². The summed E-state index contributed by atoms with van der Waals surface area (Å²) < 4.78 is 4.09. The first kappa shape index (κ1) is 8.88. The van der Waals surface area contributed by atoms with Gasteiger partial charge in [-0.3, -0.25) is 4.79 Å². The van der Waals surface area contributed by atoms with Crippen molar-refractivity contribution in [3.8, 4) is 0 Å². The minimum atomic E-state index is 0.413. The molecule has 0 aromatic carbocycles. The lowest BCUT2D eigenvalue weighted by atomic mass is 9.79. The van der Waals surface area contributed by atoms with E-state index in [4.69, 9.17) is 0 Å². The van der Waals surface area contributed by atoms with Crippen LogP contribution in [0.5, 0.6) is 0 Å². The number of hydrogen-bond acceptors (Lipinski definition) is 3. The number of aromatic nitrogens is 1. The van der Waals surface area contributed by atoms with Crippen LogP contribution in [0.1, 0.15) is 37.0 Å². The zero-order valence-corrected chi connectivity index (χ0v) is 8.51. The van der Waals surface area contributed by atoms with Gasteiger partial charge in [0.05, 0.1) is 0 Å². The van der Waals surface area contributed by atoms with E-state index in [1.165, 1.54) is 16.4 Å². The van der Waals surface area contributed by atoms with Gasteiger partial charge in [0.1, 0.15) is 5.78 Å². The Morgan fingerprint density at radius 1 is 1.62 bits per heavy atom. The van der Waals surface area contributed by atoms with Crippen molar-refractivity contribution >= 4 is 17.3 Å². The molecule has 0 amide bonds. The predicted molar refractivity (Wildman–Crippen MR) is 52.9 cm³/mol. The third kappa shape index (κ3) is 1.80. The lowest BCUT2D eigenvalue weighted by molar-refractivity contribution is -0.121. The van der Waals surface area contributed by atoms with Crippen LogP contribution in [0.4, 0.5) is 0 Å². The fraction of sp³-hybridized carbons (Fsp3) is 0.600. The molecule has 70 valence electrons. The second-order valence-corrected chi connectivity index (χ2v) is 4.64. The highest BCUT2D eigenvalue weighted by Crippen LogP contribution is 2.37. The first-order chi connectivity index (χ1) is 6.27. The molecule has 0 aliphatic heterocycles. The number of carbonyl (C=O) groups excluding carboxylic acids is 1. The van der Waals surface area contributed by atoms with Crippen molar-refractivity contribution in [3.63, 3.8) is 0 Å². The van der Waals surface area contributed by atoms with E-state index in [0.717, 1.165) is 19.3 Å². The molecule has 2 unspecified atom stereocenters. The molecule has 13 heavy (non-hydrogen) atoms. The summed E-state index contributed by atoms with van der Waals surface area (Å²) >= 11 is 1.53. The molecule has 2 atom stereocenters. The van der Waals surface area contributed by atoms with E-state index < -0.39 is 0 Å². The van der Waals surface area contributed by atoms with Gasteiger partial charge in [0.2, 0.25) is 0 Å². The fourth-order valence-electron chi connectivity index (χ4n) is 1.94. The van der Waals surface area contributed by atoms with Crippen LogP contribution >= 0.6 is 11.5 Å². The van der Waals surface area contributed by atoms with Gasteiger partial charge in [0, 0.05) is 29.8 Å². The number of ketones is 1. The summed E-state index contributed by atoms with van der Waals surface area (Å²) in [6, 6.07) is 2.05. The lowest BCUT2D eigenvalue weighted by Crippen LogP contribution is -2.20. The molecule has 0 radical (unpaired) electrons. The smallest absolute Gasteiger partial charge is 0.133 e. The molecule has 2 nitrogen and oxygen atoms in total. The number of carbonyl (C=O) groups is 1. The topological polar surface area (TPSA) is 30.0 Å². The van der Waals surface area contributed by atoms with Crippen molar-refractivity contribution < 1.29 is 4.79 Å². The highest BCUT2D eigenvalue weighted by molar-refractivity contribution is 7.05. The first-order valence-electron chi connectivity index (χ1n) is 4.69. The van der Waals surface area contributed by atoms with Crippen molar-refractivity contribution in [1.82, 2.24) is 4.37 Å². The quantitative estimate of drug-likeness (QED) is 0.689. The minimum Gasteiger partial charge on any atom is -0.300 e. The number of rotatable bonds is 1. The van der Waals surface area contributed by atoms with Crippen molar-refractivity contribution in [1.29, 1.82) is 0 Å². The number of Topliss-reactive ketones (excluding diaryl/α,β-unsaturated/α-hetero) is 1. The van der Waals surface area contributed by atoms with Crippen molar-refractivity contribution in [3.05, 3.63) is 17.1 Å². The molecule has 1 aliphatic rings. The van der Waals surface area contributed by atoms with Gasteiger partial charge >= 0.3 is 0 Å². The van der Waals surface area contributed by atoms with E-state index in [1.54, 1.807) is 0 Å². The van der Waals surface area contributed by atoms with Crippen LogP contribution in [0, 0.1) is 5.92 Å². The molecule has 3 heteroatoms. The lowest BCUT2D eigenvalue weighted by Gasteiger charge is -2.26. The summed E-state index contributed by atoms with van der Waals surface area (Å²) in [5.74, 6) is 1.49. The van der Waals surface area contributed by atoms with Crippen LogP contribution in [0.3, 0.4) is 0 Å². The maximum atomic E-state index is 11.3. The zero-order chi connectivity index (χ0) is 9.26. The predicted octanol–water partition coefficient (Wildman–Crippen LogP) is 2.62. The molecule has 0 bridgehead atoms. The van der Waals surface area contributed by atoms with Crippen LogP contribution in [-0.4, -0.2) is 10.2 Å². The van der Waals surface area contributed by atoms with E-state index in [-0.39, 0.29) is 0 Å². The van der Waals surface area contributed by atoms with Gasteiger partial charge in [0.25, 0.3) is 0 Å². The Hall–Kier alpha value is -0.700. The summed E-state index contributed by atoms with van der Waals surface area (Å²) in [6.45, 7) is 2.23. The van der Waals surface area contributed by atoms with Crippen molar-refractivity contribution in [2.75, 3.05) is 0 Å². The molecule has 1 heterocycles. The van der Waals surface area contributed by atoms with Gasteiger partial charge in [0.15, 0.2) is 0 Å². The summed E-state index contributed by atoms with van der Waals surface area (Å²) in [4.78, 5) is 12.6. The average Bonchev–Trinajstić information content (AvgIpc) is 2.61. The van der Waals surface area contributed by atoms with Gasteiger partial charge in [-0.05, 0) is 29.9 Å². The maximum Gasteiger partial charge on any atom is 0.133 e. The molecule has 1 saturated carbocycles. The molecule has 1 aliphatic carbocycles. The molecule has 1 aromatic rings. The standard InChI is InChI=1S/C10H13NOS/c1-7-2-3-8(12)6-9(7)10-4-5-11-13-10/h4-5,7,9H,2-3,6H2,1H3. The highest BCUT2D eigenvalue weighted by Gasteiger charge is 2.28. The highest BCUT2D eigenvalue weighted by atomic mass is 32.1. The van der Waals surface area contributed by atoms with Crippen LogP contribution in [-0.2, 0) is 4.79 Å². The Morgan fingerprint density at radius 3 is 3.15 bits per heavy atom. The van der Waals surface area contributed by atoms with Gasteiger partial charge in [-0.2, -0.15) is 0 Å². The molecular formula is C10H13NOS. The molecule has 0 N–H and O–H groups in total. The van der Waals surface area contributed by atoms with Crippen LogP contribution in [0.25, 0.3) is 0 Å². The minimum absolute atomic E-state index is 0.413. The fourth-order valence-corrected chi connectivity index (χ4v) is 2.75. The summed E-state index contributed by atoms with van der Waals surface area (Å²) in [7, 11) is 0. The largest absolute Gasteiger partial charge is 0.300 e. The van der Waals surface area contributed by atoms with E-state index >= 15 is 0 Å². The average molecular weight is 195 g/mol. The van der Waals surface area contributed by atoms with Gasteiger partial charge < -0.3 is 0 Å². The van der Waals surface area contributed by atoms with Crippen molar-refractivity contribution in [2.45, 2.75) is 32.1 Å². The van der Waals surface area contributed by atoms with E-state index in [2.05, 4.69) is 11.3 Å². The van der Waals surface area contributed by atoms with E-state index in [0.29, 0.717) is 17.6 Å². The Labute approximate surface area is 82.1 Å². The zero-order valence-electron chi connectivity index (χ0n) is 7.69. The SMILES string of the molecule is CC1CCC(=O)CC1c1ccns1. The van der Waals surface area contributed by atoms with E-state index in [1.807, 2.05) is 12.3 Å². The third-order valence-electron chi connectivity index (χ3n) is 2.84. The monoisotopic (exact) mass is 195 g/mol. The van der Waals surface area contributed by atoms with Crippen LogP contribution in [0.2, 0.25) is 0 Å². The summed E-state index contributed by atoms with van der Waals surface area (Å²) in [6.07, 6.45) is 4.37. The first-order valence-corrected chi connectivity index (χ1v) is 5.47. The van der Waals surface area contributed by atoms with Crippen LogP contribution in [0.15, 0.2) is 12.3 Å². The second kappa shape index (κ2) is 3.58. The molecule has 0 saturated heterocycles.